The van der Waals surface area contributed by atoms with Gasteiger partial charge in [-0.05, 0) is 29.8 Å². The normalized spacial score (nSPS) is 12.1. The van der Waals surface area contributed by atoms with Gasteiger partial charge in [0.05, 0.1) is 0 Å². The number of benzene rings is 2. The van der Waals surface area contributed by atoms with Crippen LogP contribution in [0.5, 0.6) is 11.5 Å². The average molecular weight is 228 g/mol. The third kappa shape index (κ3) is 3.06. The number of para-hydroxylation sites is 1. The van der Waals surface area contributed by atoms with Crippen LogP contribution in [-0.2, 0) is 0 Å². The molecule has 2 aromatic carbocycles. The molecule has 2 aromatic rings. The Kier molecular flexibility index (Phi) is 3.75. The van der Waals surface area contributed by atoms with Gasteiger partial charge in [-0.2, -0.15) is 0 Å². The van der Waals surface area contributed by atoms with Crippen LogP contribution in [0, 0.1) is 0 Å². The zero-order chi connectivity index (χ0) is 12.1. The number of nitrogens with two attached hydrogens (primary N) is 2. The Morgan fingerprint density at radius 2 is 1.47 bits per heavy atom. The molecule has 0 aliphatic heterocycles. The third-order valence-electron chi connectivity index (χ3n) is 2.54. The predicted octanol–water partition coefficient (Wildman–Crippen LogP) is 2.44. The predicted molar refractivity (Wildman–Crippen MR) is 68.9 cm³/mol. The van der Waals surface area contributed by atoms with Crippen molar-refractivity contribution in [3.05, 3.63) is 60.2 Å². The molecular weight excluding hydrogens is 212 g/mol. The van der Waals surface area contributed by atoms with E-state index >= 15 is 0 Å². The number of ether oxygens (including phenoxy) is 1. The Balaban J connectivity index is 2.08. The quantitative estimate of drug-likeness (QED) is 0.844. The van der Waals surface area contributed by atoms with Crippen LogP contribution < -0.4 is 16.2 Å². The topological polar surface area (TPSA) is 61.3 Å². The average Bonchev–Trinajstić information content (AvgIpc) is 2.40. The van der Waals surface area contributed by atoms with Crippen molar-refractivity contribution >= 4 is 0 Å². The summed E-state index contributed by atoms with van der Waals surface area (Å²) in [6.45, 7) is 0.443. The van der Waals surface area contributed by atoms with Crippen molar-refractivity contribution in [3.8, 4) is 11.5 Å². The van der Waals surface area contributed by atoms with Crippen LogP contribution in [0.25, 0.3) is 0 Å². The van der Waals surface area contributed by atoms with E-state index in [2.05, 4.69) is 0 Å². The van der Waals surface area contributed by atoms with Crippen LogP contribution >= 0.6 is 0 Å². The maximum atomic E-state index is 5.83. The first-order valence-electron chi connectivity index (χ1n) is 5.58. The first-order valence-corrected chi connectivity index (χ1v) is 5.58. The Morgan fingerprint density at radius 3 is 2.06 bits per heavy atom. The molecule has 2 rings (SSSR count). The number of hydrogen-bond donors (Lipinski definition) is 2. The van der Waals surface area contributed by atoms with E-state index in [4.69, 9.17) is 16.2 Å². The summed E-state index contributed by atoms with van der Waals surface area (Å²) in [6.07, 6.45) is 0. The second-order valence-corrected chi connectivity index (χ2v) is 3.83. The summed E-state index contributed by atoms with van der Waals surface area (Å²) in [7, 11) is 0. The highest BCUT2D eigenvalue weighted by Crippen LogP contribution is 2.22. The lowest BCUT2D eigenvalue weighted by molar-refractivity contribution is 0.482. The molecule has 0 spiro atoms. The Labute approximate surface area is 101 Å². The van der Waals surface area contributed by atoms with Crippen molar-refractivity contribution in [2.45, 2.75) is 6.04 Å². The van der Waals surface area contributed by atoms with E-state index in [0.717, 1.165) is 17.1 Å². The van der Waals surface area contributed by atoms with Gasteiger partial charge in [-0.25, -0.2) is 0 Å². The van der Waals surface area contributed by atoms with E-state index in [0.29, 0.717) is 6.54 Å². The molecule has 0 heterocycles. The zero-order valence-corrected chi connectivity index (χ0v) is 9.54. The van der Waals surface area contributed by atoms with Gasteiger partial charge < -0.3 is 16.2 Å². The van der Waals surface area contributed by atoms with Gasteiger partial charge >= 0.3 is 0 Å². The SMILES string of the molecule is NC[C@H](N)c1ccc(Oc2ccccc2)cc1. The van der Waals surface area contributed by atoms with Crippen molar-refractivity contribution in [3.63, 3.8) is 0 Å². The van der Waals surface area contributed by atoms with Crippen LogP contribution in [-0.4, -0.2) is 6.54 Å². The molecule has 88 valence electrons. The largest absolute Gasteiger partial charge is 0.457 e. The minimum Gasteiger partial charge on any atom is -0.457 e. The van der Waals surface area contributed by atoms with Crippen LogP contribution in [0.4, 0.5) is 0 Å². The van der Waals surface area contributed by atoms with Gasteiger partial charge in [0.15, 0.2) is 0 Å². The van der Waals surface area contributed by atoms with Gasteiger partial charge in [0.2, 0.25) is 0 Å². The lowest BCUT2D eigenvalue weighted by Crippen LogP contribution is -2.20. The van der Waals surface area contributed by atoms with E-state index in [1.165, 1.54) is 0 Å². The summed E-state index contributed by atoms with van der Waals surface area (Å²) in [5.41, 5.74) is 12.4. The highest BCUT2D eigenvalue weighted by Gasteiger charge is 2.03. The molecule has 3 nitrogen and oxygen atoms in total. The summed E-state index contributed by atoms with van der Waals surface area (Å²) in [6, 6.07) is 17.2. The highest BCUT2D eigenvalue weighted by atomic mass is 16.5. The van der Waals surface area contributed by atoms with E-state index in [-0.39, 0.29) is 6.04 Å². The van der Waals surface area contributed by atoms with Gasteiger partial charge in [-0.15, -0.1) is 0 Å². The van der Waals surface area contributed by atoms with Gasteiger partial charge in [0.25, 0.3) is 0 Å². The molecule has 0 unspecified atom stereocenters. The molecule has 0 saturated heterocycles. The Hall–Kier alpha value is -1.84. The fourth-order valence-electron chi connectivity index (χ4n) is 1.54. The summed E-state index contributed by atoms with van der Waals surface area (Å²) >= 11 is 0. The number of hydrogen-bond acceptors (Lipinski definition) is 3. The minimum absolute atomic E-state index is 0.110. The summed E-state index contributed by atoms with van der Waals surface area (Å²) < 4.78 is 5.67. The number of rotatable bonds is 4. The van der Waals surface area contributed by atoms with Crippen LogP contribution in [0.3, 0.4) is 0 Å². The molecule has 4 N–H and O–H groups in total. The second kappa shape index (κ2) is 5.48. The van der Waals surface area contributed by atoms with Gasteiger partial charge in [-0.3, -0.25) is 0 Å². The van der Waals surface area contributed by atoms with Crippen molar-refractivity contribution in [2.24, 2.45) is 11.5 Å². The van der Waals surface area contributed by atoms with Crippen LogP contribution in [0.2, 0.25) is 0 Å². The van der Waals surface area contributed by atoms with Crippen molar-refractivity contribution in [1.82, 2.24) is 0 Å². The van der Waals surface area contributed by atoms with E-state index in [9.17, 15) is 0 Å². The minimum atomic E-state index is -0.110. The van der Waals surface area contributed by atoms with Crippen molar-refractivity contribution in [2.75, 3.05) is 6.54 Å². The maximum absolute atomic E-state index is 5.83. The molecule has 0 fully saturated rings. The van der Waals surface area contributed by atoms with Crippen LogP contribution in [0.15, 0.2) is 54.6 Å². The monoisotopic (exact) mass is 228 g/mol. The van der Waals surface area contributed by atoms with Gasteiger partial charge in [0.1, 0.15) is 11.5 Å². The fraction of sp³-hybridized carbons (Fsp3) is 0.143. The zero-order valence-electron chi connectivity index (χ0n) is 9.54. The van der Waals surface area contributed by atoms with E-state index in [1.807, 2.05) is 54.6 Å². The molecule has 0 aliphatic rings. The van der Waals surface area contributed by atoms with E-state index < -0.39 is 0 Å². The molecule has 0 aromatic heterocycles. The molecule has 17 heavy (non-hydrogen) atoms. The first kappa shape index (κ1) is 11.6. The fourth-order valence-corrected chi connectivity index (χ4v) is 1.54. The molecule has 0 saturated carbocycles. The lowest BCUT2D eigenvalue weighted by Gasteiger charge is -2.10. The Bertz CT molecular complexity index is 453. The van der Waals surface area contributed by atoms with E-state index in [1.54, 1.807) is 0 Å². The van der Waals surface area contributed by atoms with Crippen LogP contribution in [0.1, 0.15) is 11.6 Å². The Morgan fingerprint density at radius 1 is 0.882 bits per heavy atom. The molecule has 0 amide bonds. The molecule has 3 heteroatoms. The van der Waals surface area contributed by atoms with Gasteiger partial charge in [0, 0.05) is 12.6 Å². The third-order valence-corrected chi connectivity index (χ3v) is 2.54. The van der Waals surface area contributed by atoms with Crippen molar-refractivity contribution < 1.29 is 4.74 Å². The lowest BCUT2D eigenvalue weighted by atomic mass is 10.1. The highest BCUT2D eigenvalue weighted by molar-refractivity contribution is 5.33. The molecular formula is C14H16N2O. The van der Waals surface area contributed by atoms with Gasteiger partial charge in [-0.1, -0.05) is 30.3 Å². The standard InChI is InChI=1S/C14H16N2O/c15-10-14(16)11-6-8-13(9-7-11)17-12-4-2-1-3-5-12/h1-9,14H,10,15-16H2/t14-/m0/s1. The maximum Gasteiger partial charge on any atom is 0.127 e. The molecule has 1 atom stereocenters. The summed E-state index contributed by atoms with van der Waals surface area (Å²) in [5.74, 6) is 1.62. The molecule has 0 aliphatic carbocycles. The van der Waals surface area contributed by atoms with Crippen molar-refractivity contribution in [1.29, 1.82) is 0 Å². The summed E-state index contributed by atoms with van der Waals surface area (Å²) in [4.78, 5) is 0. The smallest absolute Gasteiger partial charge is 0.127 e. The molecule has 0 bridgehead atoms. The second-order valence-electron chi connectivity index (χ2n) is 3.83. The first-order chi connectivity index (χ1) is 8.29. The summed E-state index contributed by atoms with van der Waals surface area (Å²) in [5, 5.41) is 0. The molecule has 0 radical (unpaired) electrons.